The molecule has 0 amide bonds. The zero-order chi connectivity index (χ0) is 14.4. The molecular formula is C15H21Cl2N3O2. The van der Waals surface area contributed by atoms with Gasteiger partial charge in [-0.15, -0.1) is 24.8 Å². The van der Waals surface area contributed by atoms with E-state index in [2.05, 4.69) is 15.3 Å². The molecule has 1 aromatic carbocycles. The zero-order valence-corrected chi connectivity index (χ0v) is 14.2. The number of benzene rings is 1. The van der Waals surface area contributed by atoms with Crippen LogP contribution in [0.4, 0.5) is 0 Å². The highest BCUT2D eigenvalue weighted by Crippen LogP contribution is 2.21. The molecule has 1 aromatic heterocycles. The second-order valence-corrected chi connectivity index (χ2v) is 4.52. The van der Waals surface area contributed by atoms with Gasteiger partial charge in [0.15, 0.2) is 5.82 Å². The molecule has 0 saturated carbocycles. The fourth-order valence-electron chi connectivity index (χ4n) is 1.78. The van der Waals surface area contributed by atoms with Gasteiger partial charge in [0.25, 0.3) is 0 Å². The van der Waals surface area contributed by atoms with Crippen LogP contribution in [0.25, 0.3) is 11.4 Å². The Balaban J connectivity index is 0.00000220. The van der Waals surface area contributed by atoms with Crippen LogP contribution in [-0.2, 0) is 0 Å². The zero-order valence-electron chi connectivity index (χ0n) is 12.6. The monoisotopic (exact) mass is 345 g/mol. The SMILES string of the molecule is CNCCCOc1cc(C)nc(-c2ccc(O)cc2)n1.Cl.Cl. The van der Waals surface area contributed by atoms with Gasteiger partial charge in [0.05, 0.1) is 6.61 Å². The molecule has 0 unspecified atom stereocenters. The third-order valence-electron chi connectivity index (χ3n) is 2.78. The molecule has 7 heteroatoms. The van der Waals surface area contributed by atoms with E-state index in [1.54, 1.807) is 24.3 Å². The number of aromatic hydroxyl groups is 1. The van der Waals surface area contributed by atoms with E-state index >= 15 is 0 Å². The molecule has 2 rings (SSSR count). The number of phenolic OH excluding ortho intramolecular Hbond substituents is 1. The van der Waals surface area contributed by atoms with E-state index in [4.69, 9.17) is 4.74 Å². The van der Waals surface area contributed by atoms with Crippen LogP contribution in [0.2, 0.25) is 0 Å². The number of aromatic nitrogens is 2. The molecule has 0 radical (unpaired) electrons. The van der Waals surface area contributed by atoms with Crippen LogP contribution in [0.15, 0.2) is 30.3 Å². The third-order valence-corrected chi connectivity index (χ3v) is 2.78. The number of hydrogen-bond donors (Lipinski definition) is 2. The summed E-state index contributed by atoms with van der Waals surface area (Å²) in [5.74, 6) is 1.41. The topological polar surface area (TPSA) is 67.3 Å². The minimum atomic E-state index is 0. The molecule has 0 aliphatic carbocycles. The summed E-state index contributed by atoms with van der Waals surface area (Å²) < 4.78 is 5.63. The molecule has 0 spiro atoms. The van der Waals surface area contributed by atoms with Crippen molar-refractivity contribution in [3.05, 3.63) is 36.0 Å². The number of hydrogen-bond acceptors (Lipinski definition) is 5. The molecule has 0 atom stereocenters. The van der Waals surface area contributed by atoms with Crippen molar-refractivity contribution >= 4 is 24.8 Å². The van der Waals surface area contributed by atoms with Crippen LogP contribution in [0.1, 0.15) is 12.1 Å². The van der Waals surface area contributed by atoms with Crippen LogP contribution in [0, 0.1) is 6.92 Å². The molecule has 0 aliphatic rings. The normalized spacial score (nSPS) is 9.55. The first-order chi connectivity index (χ1) is 9.69. The van der Waals surface area contributed by atoms with E-state index in [0.717, 1.165) is 24.2 Å². The van der Waals surface area contributed by atoms with Crippen molar-refractivity contribution in [2.75, 3.05) is 20.2 Å². The highest BCUT2D eigenvalue weighted by molar-refractivity contribution is 5.85. The predicted octanol–water partition coefficient (Wildman–Crippen LogP) is 2.99. The Hall–Kier alpha value is -1.56. The van der Waals surface area contributed by atoms with Gasteiger partial charge >= 0.3 is 0 Å². The van der Waals surface area contributed by atoms with Crippen molar-refractivity contribution in [3.63, 3.8) is 0 Å². The van der Waals surface area contributed by atoms with Crippen LogP contribution in [0.3, 0.4) is 0 Å². The summed E-state index contributed by atoms with van der Waals surface area (Å²) in [7, 11) is 1.91. The Bertz CT molecular complexity index is 565. The minimum Gasteiger partial charge on any atom is -0.508 e. The average molecular weight is 346 g/mol. The molecule has 0 bridgehead atoms. The largest absolute Gasteiger partial charge is 0.508 e. The molecule has 5 nitrogen and oxygen atoms in total. The van der Waals surface area contributed by atoms with Crippen LogP contribution in [-0.4, -0.2) is 35.3 Å². The Labute approximate surface area is 143 Å². The van der Waals surface area contributed by atoms with Gasteiger partial charge < -0.3 is 15.2 Å². The third kappa shape index (κ3) is 6.05. The van der Waals surface area contributed by atoms with Gasteiger partial charge in [-0.3, -0.25) is 0 Å². The van der Waals surface area contributed by atoms with Crippen LogP contribution >= 0.6 is 24.8 Å². The maximum atomic E-state index is 9.31. The quantitative estimate of drug-likeness (QED) is 0.787. The average Bonchev–Trinajstić information content (AvgIpc) is 2.44. The molecule has 22 heavy (non-hydrogen) atoms. The molecule has 0 aliphatic heterocycles. The summed E-state index contributed by atoms with van der Waals surface area (Å²) in [5, 5.41) is 12.4. The van der Waals surface area contributed by atoms with E-state index < -0.39 is 0 Å². The Morgan fingerprint density at radius 3 is 2.45 bits per heavy atom. The lowest BCUT2D eigenvalue weighted by Gasteiger charge is -2.08. The summed E-state index contributed by atoms with van der Waals surface area (Å²) in [6.07, 6.45) is 0.925. The minimum absolute atomic E-state index is 0. The van der Waals surface area contributed by atoms with Crippen LogP contribution in [0.5, 0.6) is 11.6 Å². The van der Waals surface area contributed by atoms with Gasteiger partial charge in [-0.2, -0.15) is 4.98 Å². The number of nitrogens with one attached hydrogen (secondary N) is 1. The van der Waals surface area contributed by atoms with E-state index in [1.165, 1.54) is 0 Å². The van der Waals surface area contributed by atoms with Crippen molar-refractivity contribution < 1.29 is 9.84 Å². The van der Waals surface area contributed by atoms with Gasteiger partial charge in [-0.05, 0) is 51.2 Å². The van der Waals surface area contributed by atoms with Crippen molar-refractivity contribution in [2.24, 2.45) is 0 Å². The number of aryl methyl sites for hydroxylation is 1. The first kappa shape index (κ1) is 20.4. The van der Waals surface area contributed by atoms with Gasteiger partial charge in [0.2, 0.25) is 5.88 Å². The Morgan fingerprint density at radius 2 is 1.82 bits per heavy atom. The first-order valence-corrected chi connectivity index (χ1v) is 6.61. The van der Waals surface area contributed by atoms with Gasteiger partial charge in [0, 0.05) is 17.3 Å². The lowest BCUT2D eigenvalue weighted by molar-refractivity contribution is 0.298. The standard InChI is InChI=1S/C15H19N3O2.2ClH/c1-11-10-14(20-9-3-8-16-2)18-15(17-11)12-4-6-13(19)7-5-12;;/h4-7,10,16,19H,3,8-9H2,1-2H3;2*1H. The Kier molecular flexibility index (Phi) is 9.49. The highest BCUT2D eigenvalue weighted by Gasteiger charge is 2.06. The van der Waals surface area contributed by atoms with E-state index in [1.807, 2.05) is 20.0 Å². The second kappa shape index (κ2) is 10.2. The number of nitrogens with zero attached hydrogens (tertiary/aromatic N) is 2. The first-order valence-electron chi connectivity index (χ1n) is 6.61. The molecule has 0 saturated heterocycles. The summed E-state index contributed by atoms with van der Waals surface area (Å²) in [5.41, 5.74) is 1.71. The summed E-state index contributed by atoms with van der Waals surface area (Å²) in [4.78, 5) is 8.79. The van der Waals surface area contributed by atoms with Gasteiger partial charge in [0.1, 0.15) is 5.75 Å². The van der Waals surface area contributed by atoms with Crippen molar-refractivity contribution in [3.8, 4) is 23.0 Å². The molecule has 2 aromatic rings. The highest BCUT2D eigenvalue weighted by atomic mass is 35.5. The lowest BCUT2D eigenvalue weighted by Crippen LogP contribution is -2.12. The molecule has 0 fully saturated rings. The number of ether oxygens (including phenoxy) is 1. The summed E-state index contributed by atoms with van der Waals surface area (Å²) in [6.45, 7) is 3.44. The van der Waals surface area contributed by atoms with Crippen molar-refractivity contribution in [1.29, 1.82) is 0 Å². The lowest BCUT2D eigenvalue weighted by atomic mass is 10.2. The Morgan fingerprint density at radius 1 is 1.14 bits per heavy atom. The predicted molar refractivity (Wildman–Crippen MR) is 92.4 cm³/mol. The molecule has 122 valence electrons. The maximum Gasteiger partial charge on any atom is 0.217 e. The number of halogens is 2. The molecule has 1 heterocycles. The number of rotatable bonds is 6. The van der Waals surface area contributed by atoms with E-state index in [9.17, 15) is 5.11 Å². The van der Waals surface area contributed by atoms with Crippen molar-refractivity contribution in [2.45, 2.75) is 13.3 Å². The molecule has 2 N–H and O–H groups in total. The summed E-state index contributed by atoms with van der Waals surface area (Å²) >= 11 is 0. The van der Waals surface area contributed by atoms with Gasteiger partial charge in [-0.25, -0.2) is 4.98 Å². The fourth-order valence-corrected chi connectivity index (χ4v) is 1.78. The summed E-state index contributed by atoms with van der Waals surface area (Å²) in [6, 6.07) is 8.63. The van der Waals surface area contributed by atoms with Gasteiger partial charge in [-0.1, -0.05) is 0 Å². The van der Waals surface area contributed by atoms with E-state index in [0.29, 0.717) is 18.3 Å². The fraction of sp³-hybridized carbons (Fsp3) is 0.333. The molecular weight excluding hydrogens is 325 g/mol. The smallest absolute Gasteiger partial charge is 0.217 e. The van der Waals surface area contributed by atoms with Crippen molar-refractivity contribution in [1.82, 2.24) is 15.3 Å². The second-order valence-electron chi connectivity index (χ2n) is 4.52. The van der Waals surface area contributed by atoms with Crippen LogP contribution < -0.4 is 10.1 Å². The number of phenols is 1. The maximum absolute atomic E-state index is 9.31. The van der Waals surface area contributed by atoms with E-state index in [-0.39, 0.29) is 30.6 Å².